The van der Waals surface area contributed by atoms with E-state index in [4.69, 9.17) is 9.47 Å². The molecule has 22 heavy (non-hydrogen) atoms. The number of ether oxygens (including phenoxy) is 2. The lowest BCUT2D eigenvalue weighted by molar-refractivity contribution is 0.0988. The van der Waals surface area contributed by atoms with E-state index >= 15 is 0 Å². The minimum Gasteiger partial charge on any atom is -0.497 e. The number of hydrogen-bond donors (Lipinski definition) is 1. The molecule has 0 aliphatic heterocycles. The predicted octanol–water partition coefficient (Wildman–Crippen LogP) is 2.72. The first-order chi connectivity index (χ1) is 10.7. The second kappa shape index (κ2) is 8.20. The van der Waals surface area contributed by atoms with Crippen LogP contribution in [0.4, 0.5) is 0 Å². The van der Waals surface area contributed by atoms with Crippen LogP contribution in [0.5, 0.6) is 11.5 Å². The number of ketones is 1. The first-order valence-electron chi connectivity index (χ1n) is 7.24. The van der Waals surface area contributed by atoms with Gasteiger partial charge in [-0.1, -0.05) is 30.3 Å². The van der Waals surface area contributed by atoms with Crippen LogP contribution in [0.1, 0.15) is 15.9 Å². The van der Waals surface area contributed by atoms with Crippen molar-refractivity contribution >= 4 is 5.78 Å². The number of Topliss-reactive ketones (excluding diaryl/α,β-unsaturated/α-hetero) is 1. The van der Waals surface area contributed by atoms with Crippen LogP contribution < -0.4 is 14.8 Å². The van der Waals surface area contributed by atoms with Gasteiger partial charge in [-0.25, -0.2) is 0 Å². The van der Waals surface area contributed by atoms with Crippen molar-refractivity contribution in [3.8, 4) is 11.5 Å². The van der Waals surface area contributed by atoms with Gasteiger partial charge >= 0.3 is 0 Å². The van der Waals surface area contributed by atoms with E-state index in [0.29, 0.717) is 17.1 Å². The molecule has 116 valence electrons. The van der Waals surface area contributed by atoms with Crippen LogP contribution in [0.15, 0.2) is 48.5 Å². The molecule has 0 amide bonds. The number of rotatable bonds is 8. The van der Waals surface area contributed by atoms with Gasteiger partial charge < -0.3 is 14.8 Å². The SMILES string of the molecule is COc1ccc(OC)c(C(=O)CNCCc2ccccc2)c1. The highest BCUT2D eigenvalue weighted by atomic mass is 16.5. The summed E-state index contributed by atoms with van der Waals surface area (Å²) in [5.74, 6) is 1.20. The molecule has 0 bridgehead atoms. The van der Waals surface area contributed by atoms with E-state index in [2.05, 4.69) is 17.4 Å². The van der Waals surface area contributed by atoms with Crippen molar-refractivity contribution in [2.24, 2.45) is 0 Å². The second-order valence-electron chi connectivity index (χ2n) is 4.90. The Morgan fingerprint density at radius 2 is 1.82 bits per heavy atom. The molecule has 0 radical (unpaired) electrons. The van der Waals surface area contributed by atoms with Crippen LogP contribution in [0.3, 0.4) is 0 Å². The number of methoxy groups -OCH3 is 2. The monoisotopic (exact) mass is 299 g/mol. The molecule has 0 saturated heterocycles. The predicted molar refractivity (Wildman–Crippen MR) is 86.9 cm³/mol. The van der Waals surface area contributed by atoms with Crippen LogP contribution in [0.2, 0.25) is 0 Å². The fourth-order valence-corrected chi connectivity index (χ4v) is 2.21. The summed E-state index contributed by atoms with van der Waals surface area (Å²) in [7, 11) is 3.13. The van der Waals surface area contributed by atoms with Gasteiger partial charge in [-0.2, -0.15) is 0 Å². The minimum atomic E-state index is -0.0104. The Hall–Kier alpha value is -2.33. The molecular formula is C18H21NO3. The van der Waals surface area contributed by atoms with Crippen LogP contribution in [0.25, 0.3) is 0 Å². The van der Waals surface area contributed by atoms with Gasteiger partial charge in [0.15, 0.2) is 5.78 Å². The molecule has 4 heteroatoms. The molecule has 4 nitrogen and oxygen atoms in total. The maximum atomic E-state index is 12.3. The van der Waals surface area contributed by atoms with E-state index in [1.54, 1.807) is 32.4 Å². The fourth-order valence-electron chi connectivity index (χ4n) is 2.21. The molecule has 0 atom stereocenters. The zero-order chi connectivity index (χ0) is 15.8. The highest BCUT2D eigenvalue weighted by molar-refractivity contribution is 6.00. The number of benzene rings is 2. The lowest BCUT2D eigenvalue weighted by Crippen LogP contribution is -2.25. The zero-order valence-corrected chi connectivity index (χ0v) is 13.0. The maximum absolute atomic E-state index is 12.3. The molecule has 1 N–H and O–H groups in total. The van der Waals surface area contributed by atoms with Crippen molar-refractivity contribution in [3.63, 3.8) is 0 Å². The second-order valence-corrected chi connectivity index (χ2v) is 4.90. The molecule has 0 saturated carbocycles. The van der Waals surface area contributed by atoms with Crippen molar-refractivity contribution in [1.82, 2.24) is 5.32 Å². The van der Waals surface area contributed by atoms with E-state index in [0.717, 1.165) is 13.0 Å². The Balaban J connectivity index is 1.89. The standard InChI is InChI=1S/C18H21NO3/c1-21-15-8-9-18(22-2)16(12-15)17(20)13-19-11-10-14-6-4-3-5-7-14/h3-9,12,19H,10-11,13H2,1-2H3. The Kier molecular flexibility index (Phi) is 5.98. The molecule has 0 fully saturated rings. The first-order valence-corrected chi connectivity index (χ1v) is 7.24. The molecule has 0 unspecified atom stereocenters. The van der Waals surface area contributed by atoms with Gasteiger partial charge in [0, 0.05) is 0 Å². The molecule has 0 aliphatic carbocycles. The summed E-state index contributed by atoms with van der Waals surface area (Å²) in [6, 6.07) is 15.4. The normalized spacial score (nSPS) is 10.3. The molecule has 0 heterocycles. The molecule has 2 aromatic rings. The minimum absolute atomic E-state index is 0.0104. The van der Waals surface area contributed by atoms with Gasteiger partial charge in [0.05, 0.1) is 26.3 Å². The van der Waals surface area contributed by atoms with Crippen molar-refractivity contribution < 1.29 is 14.3 Å². The van der Waals surface area contributed by atoms with E-state index in [9.17, 15) is 4.79 Å². The average molecular weight is 299 g/mol. The molecule has 0 spiro atoms. The van der Waals surface area contributed by atoms with Crippen LogP contribution in [-0.2, 0) is 6.42 Å². The fraction of sp³-hybridized carbons (Fsp3) is 0.278. The third kappa shape index (κ3) is 4.33. The Morgan fingerprint density at radius 3 is 2.50 bits per heavy atom. The maximum Gasteiger partial charge on any atom is 0.180 e. The summed E-state index contributed by atoms with van der Waals surface area (Å²) in [6.07, 6.45) is 0.892. The summed E-state index contributed by atoms with van der Waals surface area (Å²) in [4.78, 5) is 12.3. The van der Waals surface area contributed by atoms with Crippen molar-refractivity contribution in [2.45, 2.75) is 6.42 Å². The molecule has 2 rings (SSSR count). The van der Waals surface area contributed by atoms with Gasteiger partial charge in [0.2, 0.25) is 0 Å². The third-order valence-electron chi connectivity index (χ3n) is 3.43. The summed E-state index contributed by atoms with van der Waals surface area (Å²) < 4.78 is 10.4. The van der Waals surface area contributed by atoms with E-state index < -0.39 is 0 Å². The van der Waals surface area contributed by atoms with Crippen molar-refractivity contribution in [2.75, 3.05) is 27.3 Å². The molecule has 0 aromatic heterocycles. The van der Waals surface area contributed by atoms with Crippen LogP contribution in [-0.4, -0.2) is 33.1 Å². The lowest BCUT2D eigenvalue weighted by atomic mass is 10.1. The highest BCUT2D eigenvalue weighted by Gasteiger charge is 2.13. The Bertz CT molecular complexity index is 611. The highest BCUT2D eigenvalue weighted by Crippen LogP contribution is 2.24. The van der Waals surface area contributed by atoms with Gasteiger partial charge in [0.25, 0.3) is 0 Å². The summed E-state index contributed by atoms with van der Waals surface area (Å²) in [6.45, 7) is 1.03. The summed E-state index contributed by atoms with van der Waals surface area (Å²) in [5, 5.41) is 3.18. The third-order valence-corrected chi connectivity index (χ3v) is 3.43. The molecule has 0 aliphatic rings. The van der Waals surface area contributed by atoms with Gasteiger partial charge in [-0.15, -0.1) is 0 Å². The van der Waals surface area contributed by atoms with E-state index in [1.165, 1.54) is 5.56 Å². The number of nitrogens with one attached hydrogen (secondary N) is 1. The van der Waals surface area contributed by atoms with E-state index in [-0.39, 0.29) is 12.3 Å². The Morgan fingerprint density at radius 1 is 1.05 bits per heavy atom. The van der Waals surface area contributed by atoms with Gasteiger partial charge in [0.1, 0.15) is 11.5 Å². The smallest absolute Gasteiger partial charge is 0.180 e. The summed E-state index contributed by atoms with van der Waals surface area (Å²) >= 11 is 0. The summed E-state index contributed by atoms with van der Waals surface area (Å²) in [5.41, 5.74) is 1.79. The Labute approximate surface area is 131 Å². The molecule has 2 aromatic carbocycles. The molecular weight excluding hydrogens is 278 g/mol. The zero-order valence-electron chi connectivity index (χ0n) is 13.0. The van der Waals surface area contributed by atoms with Crippen LogP contribution >= 0.6 is 0 Å². The lowest BCUT2D eigenvalue weighted by Gasteiger charge is -2.10. The number of hydrogen-bond acceptors (Lipinski definition) is 4. The van der Waals surface area contributed by atoms with Gasteiger partial charge in [-0.3, -0.25) is 4.79 Å². The van der Waals surface area contributed by atoms with Gasteiger partial charge in [-0.05, 0) is 36.7 Å². The first kappa shape index (κ1) is 16.0. The largest absolute Gasteiger partial charge is 0.497 e. The topological polar surface area (TPSA) is 47.6 Å². The number of carbonyl (C=O) groups is 1. The van der Waals surface area contributed by atoms with Crippen LogP contribution in [0, 0.1) is 0 Å². The number of carbonyl (C=O) groups excluding carboxylic acids is 1. The average Bonchev–Trinajstić information content (AvgIpc) is 2.58. The quantitative estimate of drug-likeness (QED) is 0.601. The van der Waals surface area contributed by atoms with E-state index in [1.807, 2.05) is 18.2 Å². The van der Waals surface area contributed by atoms with Crippen molar-refractivity contribution in [3.05, 3.63) is 59.7 Å². The van der Waals surface area contributed by atoms with Crippen molar-refractivity contribution in [1.29, 1.82) is 0 Å².